The number of hydrogen-bond acceptors (Lipinski definition) is 1. The number of aryl methyl sites for hydroxylation is 1. The first-order valence-corrected chi connectivity index (χ1v) is 6.59. The van der Waals surface area contributed by atoms with Gasteiger partial charge in [-0.05, 0) is 43.5 Å². The Morgan fingerprint density at radius 2 is 2.22 bits per heavy atom. The molecule has 0 bridgehead atoms. The van der Waals surface area contributed by atoms with E-state index >= 15 is 0 Å². The van der Waals surface area contributed by atoms with Gasteiger partial charge < -0.3 is 4.57 Å². The average Bonchev–Trinajstić information content (AvgIpc) is 2.62. The Bertz CT molecular complexity index is 644. The normalized spacial score (nSPS) is 17.1. The van der Waals surface area contributed by atoms with Crippen molar-refractivity contribution in [1.29, 1.82) is 0 Å². The van der Waals surface area contributed by atoms with E-state index in [2.05, 4.69) is 60.1 Å². The molecule has 0 saturated heterocycles. The first kappa shape index (κ1) is 11.3. The summed E-state index contributed by atoms with van der Waals surface area (Å²) >= 11 is 0. The van der Waals surface area contributed by atoms with Crippen molar-refractivity contribution in [3.8, 4) is 0 Å². The summed E-state index contributed by atoms with van der Waals surface area (Å²) in [4.78, 5) is 4.67. The van der Waals surface area contributed by atoms with Gasteiger partial charge >= 0.3 is 0 Å². The molecular formula is C16H18N2. The average molecular weight is 238 g/mol. The van der Waals surface area contributed by atoms with E-state index in [4.69, 9.17) is 0 Å². The number of benzene rings is 1. The largest absolute Gasteiger partial charge is 0.351 e. The van der Waals surface area contributed by atoms with Crippen LogP contribution < -0.4 is 0 Å². The van der Waals surface area contributed by atoms with Gasteiger partial charge in [0.05, 0.1) is 0 Å². The minimum absolute atomic E-state index is 0.863. The molecule has 1 aromatic carbocycles. The lowest BCUT2D eigenvalue weighted by Crippen LogP contribution is -2.03. The molecule has 0 fully saturated rings. The van der Waals surface area contributed by atoms with Gasteiger partial charge in [-0.2, -0.15) is 0 Å². The van der Waals surface area contributed by atoms with E-state index in [1.165, 1.54) is 27.7 Å². The predicted octanol–water partition coefficient (Wildman–Crippen LogP) is 3.79. The SMILES string of the molecule is CCN=C1CCC=Cc2cc3c(ccn3C)cc21. The fourth-order valence-electron chi connectivity index (χ4n) is 2.64. The van der Waals surface area contributed by atoms with Crippen LogP contribution in [0, 0.1) is 0 Å². The molecule has 1 aromatic heterocycles. The zero-order chi connectivity index (χ0) is 12.5. The Balaban J connectivity index is 2.27. The molecule has 1 heterocycles. The van der Waals surface area contributed by atoms with E-state index in [0.717, 1.165) is 19.4 Å². The van der Waals surface area contributed by atoms with E-state index < -0.39 is 0 Å². The molecule has 1 aliphatic carbocycles. The molecule has 3 rings (SSSR count). The molecule has 18 heavy (non-hydrogen) atoms. The van der Waals surface area contributed by atoms with Crippen LogP contribution in [0.15, 0.2) is 35.5 Å². The number of aliphatic imine (C=N–C) groups is 1. The Morgan fingerprint density at radius 1 is 1.33 bits per heavy atom. The Morgan fingerprint density at radius 3 is 3.06 bits per heavy atom. The molecule has 0 N–H and O–H groups in total. The molecule has 0 radical (unpaired) electrons. The summed E-state index contributed by atoms with van der Waals surface area (Å²) in [6.07, 6.45) is 8.75. The van der Waals surface area contributed by atoms with Crippen molar-refractivity contribution in [2.75, 3.05) is 6.54 Å². The quantitative estimate of drug-likeness (QED) is 0.719. The second-order valence-electron chi connectivity index (χ2n) is 4.79. The van der Waals surface area contributed by atoms with Gasteiger partial charge in [0.15, 0.2) is 0 Å². The van der Waals surface area contributed by atoms with Crippen LogP contribution >= 0.6 is 0 Å². The highest BCUT2D eigenvalue weighted by atomic mass is 14.9. The fourth-order valence-corrected chi connectivity index (χ4v) is 2.64. The van der Waals surface area contributed by atoms with Crippen molar-refractivity contribution in [1.82, 2.24) is 4.57 Å². The van der Waals surface area contributed by atoms with Gasteiger partial charge in [-0.15, -0.1) is 0 Å². The van der Waals surface area contributed by atoms with Gasteiger partial charge in [0.1, 0.15) is 0 Å². The second kappa shape index (κ2) is 4.45. The molecule has 0 spiro atoms. The number of nitrogens with zero attached hydrogens (tertiary/aromatic N) is 2. The summed E-state index contributed by atoms with van der Waals surface area (Å²) in [5, 5.41) is 1.30. The maximum Gasteiger partial charge on any atom is 0.0484 e. The topological polar surface area (TPSA) is 17.3 Å². The van der Waals surface area contributed by atoms with E-state index in [9.17, 15) is 0 Å². The van der Waals surface area contributed by atoms with Crippen LogP contribution in [0.4, 0.5) is 0 Å². The highest BCUT2D eigenvalue weighted by molar-refractivity contribution is 6.07. The monoisotopic (exact) mass is 238 g/mol. The Hall–Kier alpha value is -1.83. The summed E-state index contributed by atoms with van der Waals surface area (Å²) in [5.41, 5.74) is 5.15. The maximum atomic E-state index is 4.67. The van der Waals surface area contributed by atoms with Crippen LogP contribution in [0.25, 0.3) is 17.0 Å². The molecule has 2 aromatic rings. The van der Waals surface area contributed by atoms with Crippen LogP contribution in [0.5, 0.6) is 0 Å². The summed E-state index contributed by atoms with van der Waals surface area (Å²) in [5.74, 6) is 0. The molecule has 1 aliphatic rings. The minimum atomic E-state index is 0.863. The summed E-state index contributed by atoms with van der Waals surface area (Å²) in [6, 6.07) is 6.74. The van der Waals surface area contributed by atoms with E-state index in [1.807, 2.05) is 0 Å². The van der Waals surface area contributed by atoms with E-state index in [1.54, 1.807) is 0 Å². The third-order valence-electron chi connectivity index (χ3n) is 3.56. The van der Waals surface area contributed by atoms with Crippen LogP contribution in [0.1, 0.15) is 30.9 Å². The fraction of sp³-hybridized carbons (Fsp3) is 0.312. The first-order chi connectivity index (χ1) is 8.79. The van der Waals surface area contributed by atoms with Crippen LogP contribution in [0.2, 0.25) is 0 Å². The molecule has 0 unspecified atom stereocenters. The Kier molecular flexibility index (Phi) is 2.78. The van der Waals surface area contributed by atoms with Gasteiger partial charge in [-0.3, -0.25) is 4.99 Å². The number of fused-ring (bicyclic) bond motifs is 2. The van der Waals surface area contributed by atoms with Gasteiger partial charge in [0.2, 0.25) is 0 Å². The summed E-state index contributed by atoms with van der Waals surface area (Å²) in [6.45, 7) is 2.97. The van der Waals surface area contributed by atoms with E-state index in [-0.39, 0.29) is 0 Å². The highest BCUT2D eigenvalue weighted by Gasteiger charge is 2.12. The molecule has 2 heteroatoms. The van der Waals surface area contributed by atoms with E-state index in [0.29, 0.717) is 0 Å². The lowest BCUT2D eigenvalue weighted by Gasteiger charge is -2.08. The third kappa shape index (κ3) is 1.78. The van der Waals surface area contributed by atoms with Gasteiger partial charge in [-0.1, -0.05) is 12.2 Å². The number of rotatable bonds is 1. The zero-order valence-electron chi connectivity index (χ0n) is 11.0. The first-order valence-electron chi connectivity index (χ1n) is 6.59. The van der Waals surface area contributed by atoms with Crippen molar-refractivity contribution in [3.63, 3.8) is 0 Å². The molecule has 2 nitrogen and oxygen atoms in total. The number of aromatic nitrogens is 1. The third-order valence-corrected chi connectivity index (χ3v) is 3.56. The highest BCUT2D eigenvalue weighted by Crippen LogP contribution is 2.26. The van der Waals surface area contributed by atoms with Crippen molar-refractivity contribution in [2.24, 2.45) is 12.0 Å². The van der Waals surface area contributed by atoms with Crippen molar-refractivity contribution < 1.29 is 0 Å². The van der Waals surface area contributed by atoms with Gasteiger partial charge in [0, 0.05) is 42.0 Å². The molecule has 0 aliphatic heterocycles. The van der Waals surface area contributed by atoms with Crippen molar-refractivity contribution in [2.45, 2.75) is 19.8 Å². The standard InChI is InChI=1S/C16H18N2/c1-3-17-15-7-5-4-6-12-11-16-13(10-14(12)15)8-9-18(16)2/h4,6,8-11H,3,5,7H2,1-2H3. The maximum absolute atomic E-state index is 4.67. The summed E-state index contributed by atoms with van der Waals surface area (Å²) < 4.78 is 2.17. The molecule has 0 saturated carbocycles. The van der Waals surface area contributed by atoms with Crippen LogP contribution in [0.3, 0.4) is 0 Å². The molecule has 0 atom stereocenters. The molecule has 92 valence electrons. The lowest BCUT2D eigenvalue weighted by molar-refractivity contribution is 0.969. The summed E-state index contributed by atoms with van der Waals surface area (Å²) in [7, 11) is 2.09. The zero-order valence-corrected chi connectivity index (χ0v) is 11.0. The Labute approximate surface area is 108 Å². The number of allylic oxidation sites excluding steroid dienone is 1. The smallest absolute Gasteiger partial charge is 0.0484 e. The van der Waals surface area contributed by atoms with Gasteiger partial charge in [-0.25, -0.2) is 0 Å². The second-order valence-corrected chi connectivity index (χ2v) is 4.79. The predicted molar refractivity (Wildman–Crippen MR) is 78.3 cm³/mol. The van der Waals surface area contributed by atoms with Crippen molar-refractivity contribution >= 4 is 22.7 Å². The lowest BCUT2D eigenvalue weighted by atomic mass is 10.00. The molecular weight excluding hydrogens is 220 g/mol. The van der Waals surface area contributed by atoms with Gasteiger partial charge in [0.25, 0.3) is 0 Å². The minimum Gasteiger partial charge on any atom is -0.351 e. The van der Waals surface area contributed by atoms with Crippen LogP contribution in [-0.2, 0) is 7.05 Å². The van der Waals surface area contributed by atoms with Crippen LogP contribution in [-0.4, -0.2) is 16.8 Å². The number of hydrogen-bond donors (Lipinski definition) is 0. The molecule has 0 amide bonds. The van der Waals surface area contributed by atoms with Crippen molar-refractivity contribution in [3.05, 3.63) is 41.6 Å².